The lowest BCUT2D eigenvalue weighted by atomic mass is 10.3. The van der Waals surface area contributed by atoms with E-state index in [-0.39, 0.29) is 23.7 Å². The van der Waals surface area contributed by atoms with Crippen LogP contribution >= 0.6 is 0 Å². The SMILES string of the molecule is O=S(=O)(c1ccc(F)cc1)N1CCN(Cc2nnnn2-c2ccc(F)c(F)c2)CC1. The number of rotatable bonds is 5. The highest BCUT2D eigenvalue weighted by Gasteiger charge is 2.29. The normalized spacial score (nSPS) is 16.1. The van der Waals surface area contributed by atoms with Gasteiger partial charge in [0.05, 0.1) is 17.1 Å². The Morgan fingerprint density at radius 1 is 0.900 bits per heavy atom. The number of halogens is 3. The van der Waals surface area contributed by atoms with Crippen molar-refractivity contribution in [1.29, 1.82) is 0 Å². The lowest BCUT2D eigenvalue weighted by Crippen LogP contribution is -2.48. The summed E-state index contributed by atoms with van der Waals surface area (Å²) in [5.74, 6) is -2.06. The number of aromatic nitrogens is 4. The van der Waals surface area contributed by atoms with Crippen molar-refractivity contribution in [3.63, 3.8) is 0 Å². The second-order valence-corrected chi connectivity index (χ2v) is 8.68. The number of sulfonamides is 1. The van der Waals surface area contributed by atoms with E-state index >= 15 is 0 Å². The molecule has 1 aliphatic rings. The van der Waals surface area contributed by atoms with Crippen LogP contribution in [-0.4, -0.2) is 64.0 Å². The van der Waals surface area contributed by atoms with Gasteiger partial charge < -0.3 is 0 Å². The topological polar surface area (TPSA) is 84.2 Å². The summed E-state index contributed by atoms with van der Waals surface area (Å²) < 4.78 is 67.8. The molecule has 1 fully saturated rings. The molecule has 0 unspecified atom stereocenters. The van der Waals surface area contributed by atoms with Crippen molar-refractivity contribution in [2.75, 3.05) is 26.2 Å². The van der Waals surface area contributed by atoms with Crippen molar-refractivity contribution in [2.24, 2.45) is 0 Å². The molecule has 8 nitrogen and oxygen atoms in total. The summed E-state index contributed by atoms with van der Waals surface area (Å²) in [6, 6.07) is 8.07. The molecule has 0 spiro atoms. The number of tetrazole rings is 1. The maximum atomic E-state index is 13.5. The molecule has 12 heteroatoms. The average Bonchev–Trinajstić information content (AvgIpc) is 3.19. The number of piperazine rings is 1. The summed E-state index contributed by atoms with van der Waals surface area (Å²) >= 11 is 0. The molecule has 1 aromatic heterocycles. The van der Waals surface area contributed by atoms with E-state index in [9.17, 15) is 21.6 Å². The van der Waals surface area contributed by atoms with Gasteiger partial charge in [0.25, 0.3) is 0 Å². The zero-order chi connectivity index (χ0) is 21.3. The van der Waals surface area contributed by atoms with Crippen LogP contribution in [0, 0.1) is 17.5 Å². The maximum Gasteiger partial charge on any atom is 0.243 e. The highest BCUT2D eigenvalue weighted by Crippen LogP contribution is 2.19. The van der Waals surface area contributed by atoms with Crippen molar-refractivity contribution in [3.05, 3.63) is 65.7 Å². The third-order valence-electron chi connectivity index (χ3n) is 4.83. The summed E-state index contributed by atoms with van der Waals surface area (Å²) in [6.07, 6.45) is 0. The number of hydrogen-bond acceptors (Lipinski definition) is 6. The molecule has 3 aromatic rings. The van der Waals surface area contributed by atoms with Gasteiger partial charge in [-0.3, -0.25) is 4.90 Å². The van der Waals surface area contributed by atoms with Crippen LogP contribution in [0.3, 0.4) is 0 Å². The van der Waals surface area contributed by atoms with E-state index in [1.165, 1.54) is 27.2 Å². The standard InChI is InChI=1S/C18H17F3N6O2S/c19-13-1-4-15(5-2-13)30(28,29)26-9-7-25(8-10-26)12-18-22-23-24-27(18)14-3-6-16(20)17(21)11-14/h1-6,11H,7-10,12H2. The first kappa shape index (κ1) is 20.4. The Balaban J connectivity index is 1.43. The van der Waals surface area contributed by atoms with Crippen LogP contribution in [0.5, 0.6) is 0 Å². The van der Waals surface area contributed by atoms with Crippen molar-refractivity contribution >= 4 is 10.0 Å². The molecule has 2 heterocycles. The second kappa shape index (κ2) is 8.13. The molecule has 0 bridgehead atoms. The van der Waals surface area contributed by atoms with Crippen LogP contribution < -0.4 is 0 Å². The molecule has 1 aliphatic heterocycles. The fourth-order valence-electron chi connectivity index (χ4n) is 3.21. The van der Waals surface area contributed by atoms with Crippen molar-refractivity contribution in [3.8, 4) is 5.69 Å². The lowest BCUT2D eigenvalue weighted by molar-refractivity contribution is 0.177. The van der Waals surface area contributed by atoms with Crippen molar-refractivity contribution < 1.29 is 21.6 Å². The average molecular weight is 438 g/mol. The number of hydrogen-bond donors (Lipinski definition) is 0. The molecule has 158 valence electrons. The van der Waals surface area contributed by atoms with Crippen LogP contribution in [0.4, 0.5) is 13.2 Å². The fraction of sp³-hybridized carbons (Fsp3) is 0.278. The molecule has 0 radical (unpaired) electrons. The minimum absolute atomic E-state index is 0.0413. The van der Waals surface area contributed by atoms with Gasteiger partial charge in [0.1, 0.15) is 5.82 Å². The van der Waals surface area contributed by atoms with Crippen molar-refractivity contribution in [1.82, 2.24) is 29.4 Å². The molecule has 0 saturated carbocycles. The monoisotopic (exact) mass is 438 g/mol. The smallest absolute Gasteiger partial charge is 0.243 e. The van der Waals surface area contributed by atoms with Crippen LogP contribution in [-0.2, 0) is 16.6 Å². The van der Waals surface area contributed by atoms with E-state index in [0.717, 1.165) is 24.3 Å². The van der Waals surface area contributed by atoms with Crippen LogP contribution in [0.2, 0.25) is 0 Å². The third kappa shape index (κ3) is 4.06. The van der Waals surface area contributed by atoms with Gasteiger partial charge in [0.2, 0.25) is 10.0 Å². The quantitative estimate of drug-likeness (QED) is 0.602. The van der Waals surface area contributed by atoms with Crippen LogP contribution in [0.25, 0.3) is 5.69 Å². The lowest BCUT2D eigenvalue weighted by Gasteiger charge is -2.33. The summed E-state index contributed by atoms with van der Waals surface area (Å²) in [5, 5.41) is 11.4. The van der Waals surface area contributed by atoms with Crippen LogP contribution in [0.15, 0.2) is 47.4 Å². The number of nitrogens with zero attached hydrogens (tertiary/aromatic N) is 6. The summed E-state index contributed by atoms with van der Waals surface area (Å²) in [5.41, 5.74) is 0.284. The van der Waals surface area contributed by atoms with E-state index in [0.29, 0.717) is 25.5 Å². The Hall–Kier alpha value is -2.83. The highest BCUT2D eigenvalue weighted by atomic mass is 32.2. The predicted molar refractivity (Wildman–Crippen MR) is 99.5 cm³/mol. The van der Waals surface area contributed by atoms with E-state index in [2.05, 4.69) is 15.5 Å². The summed E-state index contributed by atoms with van der Waals surface area (Å²) in [4.78, 5) is 2.00. The Kier molecular flexibility index (Phi) is 5.54. The van der Waals surface area contributed by atoms with E-state index in [1.54, 1.807) is 0 Å². The maximum absolute atomic E-state index is 13.5. The molecular weight excluding hydrogens is 421 g/mol. The Labute approximate surface area is 170 Å². The molecule has 30 heavy (non-hydrogen) atoms. The van der Waals surface area contributed by atoms with E-state index < -0.39 is 27.5 Å². The van der Waals surface area contributed by atoms with Crippen LogP contribution in [0.1, 0.15) is 5.82 Å². The van der Waals surface area contributed by atoms with Gasteiger partial charge in [-0.15, -0.1) is 5.10 Å². The highest BCUT2D eigenvalue weighted by molar-refractivity contribution is 7.89. The molecule has 4 rings (SSSR count). The molecule has 0 aliphatic carbocycles. The van der Waals surface area contributed by atoms with Gasteiger partial charge in [-0.05, 0) is 46.8 Å². The molecule has 0 atom stereocenters. The van der Waals surface area contributed by atoms with Gasteiger partial charge >= 0.3 is 0 Å². The third-order valence-corrected chi connectivity index (χ3v) is 6.74. The Bertz CT molecular complexity index is 1140. The minimum atomic E-state index is -3.71. The van der Waals surface area contributed by atoms with Gasteiger partial charge in [0, 0.05) is 32.2 Å². The first-order valence-electron chi connectivity index (χ1n) is 9.05. The fourth-order valence-corrected chi connectivity index (χ4v) is 4.63. The molecule has 0 amide bonds. The molecule has 1 saturated heterocycles. The summed E-state index contributed by atoms with van der Waals surface area (Å²) in [6.45, 7) is 1.63. The minimum Gasteiger partial charge on any atom is -0.293 e. The van der Waals surface area contributed by atoms with Gasteiger partial charge in [-0.1, -0.05) is 0 Å². The molecular formula is C18H17F3N6O2S. The predicted octanol–water partition coefficient (Wildman–Crippen LogP) is 1.59. The first-order valence-corrected chi connectivity index (χ1v) is 10.5. The Morgan fingerprint density at radius 2 is 1.60 bits per heavy atom. The Morgan fingerprint density at radius 3 is 2.27 bits per heavy atom. The zero-order valence-corrected chi connectivity index (χ0v) is 16.4. The molecule has 0 N–H and O–H groups in total. The largest absolute Gasteiger partial charge is 0.293 e. The first-order chi connectivity index (χ1) is 14.3. The van der Waals surface area contributed by atoms with E-state index in [4.69, 9.17) is 0 Å². The van der Waals surface area contributed by atoms with Gasteiger partial charge in [-0.25, -0.2) is 21.6 Å². The number of benzene rings is 2. The van der Waals surface area contributed by atoms with Crippen molar-refractivity contribution in [2.45, 2.75) is 11.4 Å². The second-order valence-electron chi connectivity index (χ2n) is 6.74. The molecule has 2 aromatic carbocycles. The zero-order valence-electron chi connectivity index (χ0n) is 15.6. The van der Waals surface area contributed by atoms with E-state index in [1.807, 2.05) is 4.90 Å². The summed E-state index contributed by atoms with van der Waals surface area (Å²) in [7, 11) is -3.71. The van der Waals surface area contributed by atoms with Gasteiger partial charge in [-0.2, -0.15) is 8.99 Å². The van der Waals surface area contributed by atoms with Gasteiger partial charge in [0.15, 0.2) is 17.5 Å².